The molecule has 0 spiro atoms. The summed E-state index contributed by atoms with van der Waals surface area (Å²) in [6.45, 7) is 7.76. The van der Waals surface area contributed by atoms with Gasteiger partial charge in [0, 0.05) is 23.8 Å². The normalized spacial score (nSPS) is 12.2. The van der Waals surface area contributed by atoms with E-state index in [2.05, 4.69) is 30.8 Å². The summed E-state index contributed by atoms with van der Waals surface area (Å²) in [4.78, 5) is 21.2. The van der Waals surface area contributed by atoms with Crippen LogP contribution in [0.1, 0.15) is 29.7 Å². The smallest absolute Gasteiger partial charge is 0.319 e. The van der Waals surface area contributed by atoms with Gasteiger partial charge in [-0.2, -0.15) is 5.10 Å². The van der Waals surface area contributed by atoms with E-state index in [1.54, 1.807) is 0 Å². The van der Waals surface area contributed by atoms with Crippen LogP contribution in [0.3, 0.4) is 0 Å². The average Bonchev–Trinajstić information content (AvgIpc) is 2.93. The molecule has 3 rings (SSSR count). The van der Waals surface area contributed by atoms with Crippen molar-refractivity contribution < 1.29 is 4.79 Å². The highest BCUT2D eigenvalue weighted by molar-refractivity contribution is 5.92. The molecular formula is C18H22N6O. The topological polar surface area (TPSA) is 95.6 Å². The van der Waals surface area contributed by atoms with Gasteiger partial charge in [-0.25, -0.2) is 14.8 Å². The molecule has 0 fully saturated rings. The summed E-state index contributed by atoms with van der Waals surface area (Å²) >= 11 is 0. The van der Waals surface area contributed by atoms with Crippen molar-refractivity contribution in [1.29, 1.82) is 0 Å². The Morgan fingerprint density at radius 3 is 2.52 bits per heavy atom. The maximum atomic E-state index is 12.2. The second-order valence-corrected chi connectivity index (χ2v) is 6.34. The van der Waals surface area contributed by atoms with E-state index in [4.69, 9.17) is 0 Å². The van der Waals surface area contributed by atoms with Gasteiger partial charge >= 0.3 is 6.03 Å². The molecule has 25 heavy (non-hydrogen) atoms. The molecule has 0 aliphatic carbocycles. The van der Waals surface area contributed by atoms with Crippen LogP contribution in [-0.4, -0.2) is 32.2 Å². The molecule has 7 nitrogen and oxygen atoms in total. The molecule has 0 radical (unpaired) electrons. The number of aromatic amines is 1. The Hall–Kier alpha value is -2.96. The second kappa shape index (κ2) is 6.88. The number of aromatic nitrogens is 4. The van der Waals surface area contributed by atoms with Gasteiger partial charge in [0.15, 0.2) is 0 Å². The predicted molar refractivity (Wildman–Crippen MR) is 97.7 cm³/mol. The summed E-state index contributed by atoms with van der Waals surface area (Å²) in [7, 11) is 0. The van der Waals surface area contributed by atoms with Gasteiger partial charge in [0.1, 0.15) is 0 Å². The number of rotatable bonds is 4. The van der Waals surface area contributed by atoms with E-state index >= 15 is 0 Å². The first kappa shape index (κ1) is 16.9. The Morgan fingerprint density at radius 1 is 1.12 bits per heavy atom. The summed E-state index contributed by atoms with van der Waals surface area (Å²) in [5.41, 5.74) is 6.00. The molecule has 2 aromatic heterocycles. The highest BCUT2D eigenvalue weighted by Crippen LogP contribution is 2.17. The third-order valence-electron chi connectivity index (χ3n) is 3.99. The number of anilines is 1. The number of hydrogen-bond donors (Lipinski definition) is 3. The van der Waals surface area contributed by atoms with Gasteiger partial charge < -0.3 is 10.6 Å². The fourth-order valence-electron chi connectivity index (χ4n) is 2.64. The third-order valence-corrected chi connectivity index (χ3v) is 3.99. The number of urea groups is 1. The molecule has 2 amide bonds. The van der Waals surface area contributed by atoms with Gasteiger partial charge in [-0.05, 0) is 52.0 Å². The van der Waals surface area contributed by atoms with Gasteiger partial charge in [-0.1, -0.05) is 0 Å². The molecule has 0 aliphatic rings. The minimum Gasteiger partial charge on any atom is -0.335 e. The molecular weight excluding hydrogens is 316 g/mol. The lowest BCUT2D eigenvalue weighted by Gasteiger charge is -2.14. The fraction of sp³-hybridized carbons (Fsp3) is 0.333. The van der Waals surface area contributed by atoms with Crippen LogP contribution in [-0.2, 0) is 6.42 Å². The summed E-state index contributed by atoms with van der Waals surface area (Å²) in [6.07, 6.45) is 0.666. The van der Waals surface area contributed by atoms with Crippen molar-refractivity contribution in [1.82, 2.24) is 25.5 Å². The molecule has 1 aromatic carbocycles. The van der Waals surface area contributed by atoms with Crippen LogP contribution in [0.5, 0.6) is 0 Å². The van der Waals surface area contributed by atoms with Crippen molar-refractivity contribution in [3.8, 4) is 0 Å². The van der Waals surface area contributed by atoms with Crippen molar-refractivity contribution in [2.75, 3.05) is 5.32 Å². The van der Waals surface area contributed by atoms with E-state index in [0.717, 1.165) is 33.8 Å². The number of carbonyl (C=O) groups is 1. The van der Waals surface area contributed by atoms with E-state index in [9.17, 15) is 4.79 Å². The molecule has 2 heterocycles. The van der Waals surface area contributed by atoms with Crippen molar-refractivity contribution in [2.45, 2.75) is 40.2 Å². The van der Waals surface area contributed by atoms with E-state index < -0.39 is 0 Å². The van der Waals surface area contributed by atoms with E-state index in [-0.39, 0.29) is 12.1 Å². The molecule has 0 unspecified atom stereocenters. The molecule has 0 saturated heterocycles. The van der Waals surface area contributed by atoms with Gasteiger partial charge in [0.2, 0.25) is 0 Å². The van der Waals surface area contributed by atoms with Crippen LogP contribution < -0.4 is 10.6 Å². The van der Waals surface area contributed by atoms with Crippen LogP contribution in [0.2, 0.25) is 0 Å². The first-order valence-electron chi connectivity index (χ1n) is 8.24. The number of carbonyl (C=O) groups excluding carboxylic acids is 1. The fourth-order valence-corrected chi connectivity index (χ4v) is 2.64. The summed E-state index contributed by atoms with van der Waals surface area (Å²) in [5, 5.41) is 12.8. The minimum atomic E-state index is -0.254. The number of amides is 2. The van der Waals surface area contributed by atoms with Crippen LogP contribution in [0.15, 0.2) is 24.3 Å². The maximum Gasteiger partial charge on any atom is 0.319 e. The lowest BCUT2D eigenvalue weighted by molar-refractivity contribution is 0.249. The second-order valence-electron chi connectivity index (χ2n) is 6.34. The zero-order valence-electron chi connectivity index (χ0n) is 14.8. The summed E-state index contributed by atoms with van der Waals surface area (Å²) in [6, 6.07) is 7.20. The molecule has 130 valence electrons. The number of nitrogens with one attached hydrogen (secondary N) is 3. The Bertz CT molecular complexity index is 917. The zero-order chi connectivity index (χ0) is 18.0. The van der Waals surface area contributed by atoms with Crippen molar-refractivity contribution in [2.24, 2.45) is 0 Å². The zero-order valence-corrected chi connectivity index (χ0v) is 14.8. The molecule has 3 aromatic rings. The molecule has 1 atom stereocenters. The summed E-state index contributed by atoms with van der Waals surface area (Å²) < 4.78 is 0. The van der Waals surface area contributed by atoms with Crippen molar-refractivity contribution in [3.63, 3.8) is 0 Å². The number of H-pyrrole nitrogens is 1. The van der Waals surface area contributed by atoms with Crippen LogP contribution >= 0.6 is 0 Å². The van der Waals surface area contributed by atoms with Crippen LogP contribution in [0.25, 0.3) is 11.0 Å². The predicted octanol–water partition coefficient (Wildman–Crippen LogP) is 3.03. The largest absolute Gasteiger partial charge is 0.335 e. The average molecular weight is 338 g/mol. The summed E-state index contributed by atoms with van der Waals surface area (Å²) in [5.74, 6) is 0. The first-order chi connectivity index (χ1) is 11.9. The Morgan fingerprint density at radius 2 is 1.84 bits per heavy atom. The Balaban J connectivity index is 1.64. The quantitative estimate of drug-likeness (QED) is 0.681. The van der Waals surface area contributed by atoms with E-state index in [1.165, 1.54) is 0 Å². The Labute approximate surface area is 146 Å². The minimum absolute atomic E-state index is 0.0344. The standard InChI is InChI=1S/C18H22N6O/c1-10(7-15-8-11(2)23-24-15)19-18(25)22-14-5-6-16-17(9-14)21-13(4)12(3)20-16/h5-6,8-10H,7H2,1-4H3,(H,23,24)(H2,19,22,25)/t10-/m1/s1. The number of hydrogen-bond acceptors (Lipinski definition) is 4. The van der Waals surface area contributed by atoms with Gasteiger partial charge in [-0.3, -0.25) is 5.10 Å². The SMILES string of the molecule is Cc1cc(C[C@@H](C)NC(=O)Nc2ccc3nc(C)c(C)nc3c2)n[nH]1. The molecule has 0 bridgehead atoms. The highest BCUT2D eigenvalue weighted by Gasteiger charge is 2.11. The third kappa shape index (κ3) is 4.12. The first-order valence-corrected chi connectivity index (χ1v) is 8.24. The van der Waals surface area contributed by atoms with Crippen molar-refractivity contribution in [3.05, 3.63) is 47.0 Å². The molecule has 3 N–H and O–H groups in total. The van der Waals surface area contributed by atoms with E-state index in [1.807, 2.05) is 52.0 Å². The monoisotopic (exact) mass is 338 g/mol. The van der Waals surface area contributed by atoms with Gasteiger partial charge in [0.25, 0.3) is 0 Å². The number of benzene rings is 1. The van der Waals surface area contributed by atoms with Crippen LogP contribution in [0, 0.1) is 20.8 Å². The Kier molecular flexibility index (Phi) is 4.65. The van der Waals surface area contributed by atoms with Crippen molar-refractivity contribution >= 4 is 22.8 Å². The number of nitrogens with zero attached hydrogens (tertiary/aromatic N) is 3. The van der Waals surface area contributed by atoms with E-state index in [0.29, 0.717) is 12.1 Å². The lowest BCUT2D eigenvalue weighted by Crippen LogP contribution is -2.37. The highest BCUT2D eigenvalue weighted by atomic mass is 16.2. The molecule has 7 heteroatoms. The number of aryl methyl sites for hydroxylation is 3. The number of fused-ring (bicyclic) bond motifs is 1. The molecule has 0 saturated carbocycles. The van der Waals surface area contributed by atoms with Gasteiger partial charge in [0.05, 0.1) is 28.1 Å². The van der Waals surface area contributed by atoms with Crippen LogP contribution in [0.4, 0.5) is 10.5 Å². The maximum absolute atomic E-state index is 12.2. The van der Waals surface area contributed by atoms with Gasteiger partial charge in [-0.15, -0.1) is 0 Å². The lowest BCUT2D eigenvalue weighted by atomic mass is 10.2. The molecule has 0 aliphatic heterocycles.